The van der Waals surface area contributed by atoms with E-state index in [1.54, 1.807) is 0 Å². The molecular formula is C14H30. The number of hydrogen-bond acceptors (Lipinski definition) is 0. The van der Waals surface area contributed by atoms with Gasteiger partial charge < -0.3 is 0 Å². The average molecular weight is 198 g/mol. The van der Waals surface area contributed by atoms with Crippen LogP contribution >= 0.6 is 0 Å². The Labute approximate surface area is 91.5 Å². The van der Waals surface area contributed by atoms with E-state index in [0.717, 1.165) is 5.92 Å². The molecule has 0 heteroatoms. The largest absolute Gasteiger partial charge is 0.0628 e. The molecule has 0 rings (SSSR count). The molecule has 0 amide bonds. The van der Waals surface area contributed by atoms with E-state index in [0.29, 0.717) is 5.41 Å². The van der Waals surface area contributed by atoms with Gasteiger partial charge in [-0.15, -0.1) is 0 Å². The van der Waals surface area contributed by atoms with Crippen molar-refractivity contribution in [3.05, 3.63) is 0 Å². The van der Waals surface area contributed by atoms with Crippen LogP contribution in [0.15, 0.2) is 0 Å². The van der Waals surface area contributed by atoms with Crippen LogP contribution in [0, 0.1) is 11.3 Å². The summed E-state index contributed by atoms with van der Waals surface area (Å²) in [7, 11) is 0. The quantitative estimate of drug-likeness (QED) is 0.479. The Morgan fingerprint density at radius 1 is 0.786 bits per heavy atom. The van der Waals surface area contributed by atoms with Crippen molar-refractivity contribution in [3.8, 4) is 0 Å². The van der Waals surface area contributed by atoms with E-state index < -0.39 is 0 Å². The lowest BCUT2D eigenvalue weighted by molar-refractivity contribution is 0.356. The maximum Gasteiger partial charge on any atom is -0.0383 e. The first kappa shape index (κ1) is 14.0. The minimum Gasteiger partial charge on any atom is -0.0628 e. The monoisotopic (exact) mass is 198 g/mol. The van der Waals surface area contributed by atoms with E-state index in [-0.39, 0.29) is 0 Å². The second-order valence-electron chi connectivity index (χ2n) is 6.26. The summed E-state index contributed by atoms with van der Waals surface area (Å²) >= 11 is 0. The molecule has 86 valence electrons. The second-order valence-corrected chi connectivity index (χ2v) is 6.26. The van der Waals surface area contributed by atoms with E-state index in [1.807, 2.05) is 0 Å². The third-order valence-corrected chi connectivity index (χ3v) is 2.71. The van der Waals surface area contributed by atoms with Gasteiger partial charge in [-0.1, -0.05) is 73.1 Å². The zero-order chi connectivity index (χ0) is 11.0. The molecule has 0 bridgehead atoms. The van der Waals surface area contributed by atoms with Crippen molar-refractivity contribution in [1.82, 2.24) is 0 Å². The van der Waals surface area contributed by atoms with Crippen LogP contribution in [-0.4, -0.2) is 0 Å². The molecule has 0 saturated heterocycles. The van der Waals surface area contributed by atoms with Crippen LogP contribution in [0.4, 0.5) is 0 Å². The topological polar surface area (TPSA) is 0 Å². The molecule has 0 unspecified atom stereocenters. The Balaban J connectivity index is 3.07. The van der Waals surface area contributed by atoms with Crippen molar-refractivity contribution in [2.75, 3.05) is 0 Å². The first-order valence-corrected chi connectivity index (χ1v) is 6.42. The van der Waals surface area contributed by atoms with Gasteiger partial charge in [-0.05, 0) is 17.8 Å². The Morgan fingerprint density at radius 2 is 1.29 bits per heavy atom. The number of hydrogen-bond donors (Lipinski definition) is 0. The summed E-state index contributed by atoms with van der Waals surface area (Å²) in [4.78, 5) is 0. The van der Waals surface area contributed by atoms with E-state index in [1.165, 1.54) is 44.9 Å². The Kier molecular flexibility index (Phi) is 7.31. The van der Waals surface area contributed by atoms with Gasteiger partial charge in [0.25, 0.3) is 0 Å². The summed E-state index contributed by atoms with van der Waals surface area (Å²) in [5, 5.41) is 0. The average Bonchev–Trinajstić information content (AvgIpc) is 2.00. The van der Waals surface area contributed by atoms with Crippen LogP contribution in [0.2, 0.25) is 0 Å². The van der Waals surface area contributed by atoms with Crippen LogP contribution in [-0.2, 0) is 0 Å². The van der Waals surface area contributed by atoms with Gasteiger partial charge in [-0.25, -0.2) is 0 Å². The van der Waals surface area contributed by atoms with Crippen LogP contribution in [0.25, 0.3) is 0 Å². The molecule has 0 nitrogen and oxygen atoms in total. The van der Waals surface area contributed by atoms with Crippen LogP contribution in [0.1, 0.15) is 79.6 Å². The highest BCUT2D eigenvalue weighted by Crippen LogP contribution is 2.22. The first-order valence-electron chi connectivity index (χ1n) is 6.42. The molecule has 0 aliphatic rings. The van der Waals surface area contributed by atoms with Crippen LogP contribution in [0.3, 0.4) is 0 Å². The molecule has 0 aliphatic carbocycles. The Bertz CT molecular complexity index is 116. The van der Waals surface area contributed by atoms with Gasteiger partial charge in [0.05, 0.1) is 0 Å². The Morgan fingerprint density at radius 3 is 1.79 bits per heavy atom. The van der Waals surface area contributed by atoms with Crippen molar-refractivity contribution < 1.29 is 0 Å². The predicted octanol–water partition coefficient (Wildman–Crippen LogP) is 5.42. The third-order valence-electron chi connectivity index (χ3n) is 2.71. The van der Waals surface area contributed by atoms with Crippen molar-refractivity contribution in [3.63, 3.8) is 0 Å². The van der Waals surface area contributed by atoms with Crippen molar-refractivity contribution in [2.24, 2.45) is 11.3 Å². The maximum atomic E-state index is 2.34. The molecule has 0 aliphatic heterocycles. The molecule has 0 atom stereocenters. The van der Waals surface area contributed by atoms with Gasteiger partial charge in [-0.3, -0.25) is 0 Å². The molecular weight excluding hydrogens is 168 g/mol. The molecule has 0 heterocycles. The molecule has 0 aromatic carbocycles. The fourth-order valence-electron chi connectivity index (χ4n) is 1.74. The smallest absolute Gasteiger partial charge is 0.0383 e. The summed E-state index contributed by atoms with van der Waals surface area (Å²) in [6.07, 6.45) is 10.00. The molecule has 14 heavy (non-hydrogen) atoms. The highest BCUT2D eigenvalue weighted by Gasteiger charge is 2.08. The first-order chi connectivity index (χ1) is 6.42. The van der Waals surface area contributed by atoms with Crippen LogP contribution < -0.4 is 0 Å². The van der Waals surface area contributed by atoms with E-state index in [4.69, 9.17) is 0 Å². The molecule has 0 aromatic rings. The SMILES string of the molecule is CC(C)CCCCCCCC(C)(C)C. The minimum absolute atomic E-state index is 0.540. The summed E-state index contributed by atoms with van der Waals surface area (Å²) in [6, 6.07) is 0. The second kappa shape index (κ2) is 7.31. The maximum absolute atomic E-state index is 2.34. The van der Waals surface area contributed by atoms with Crippen molar-refractivity contribution >= 4 is 0 Å². The minimum atomic E-state index is 0.540. The third kappa shape index (κ3) is 12.0. The lowest BCUT2D eigenvalue weighted by Crippen LogP contribution is -2.03. The highest BCUT2D eigenvalue weighted by molar-refractivity contribution is 4.61. The Hall–Kier alpha value is 0. The zero-order valence-electron chi connectivity index (χ0n) is 11.0. The molecule has 0 aromatic heterocycles. The van der Waals surface area contributed by atoms with Crippen molar-refractivity contribution in [1.29, 1.82) is 0 Å². The molecule has 0 spiro atoms. The summed E-state index contributed by atoms with van der Waals surface area (Å²) in [6.45, 7) is 11.7. The lowest BCUT2D eigenvalue weighted by Gasteiger charge is -2.17. The van der Waals surface area contributed by atoms with Gasteiger partial charge >= 0.3 is 0 Å². The predicted molar refractivity (Wildman–Crippen MR) is 66.6 cm³/mol. The standard InChI is InChI=1S/C14H30/c1-13(2)11-9-7-6-8-10-12-14(3,4)5/h13H,6-12H2,1-5H3. The number of rotatable bonds is 7. The molecule has 0 radical (unpaired) electrons. The fourth-order valence-corrected chi connectivity index (χ4v) is 1.74. The normalized spacial score (nSPS) is 12.4. The highest BCUT2D eigenvalue weighted by atomic mass is 14.1. The summed E-state index contributed by atoms with van der Waals surface area (Å²) in [5.41, 5.74) is 0.540. The fraction of sp³-hybridized carbons (Fsp3) is 1.00. The zero-order valence-corrected chi connectivity index (χ0v) is 11.0. The van der Waals surface area contributed by atoms with Gasteiger partial charge in [-0.2, -0.15) is 0 Å². The van der Waals surface area contributed by atoms with E-state index >= 15 is 0 Å². The van der Waals surface area contributed by atoms with Gasteiger partial charge in [0.15, 0.2) is 0 Å². The van der Waals surface area contributed by atoms with Gasteiger partial charge in [0.1, 0.15) is 0 Å². The lowest BCUT2D eigenvalue weighted by atomic mass is 9.89. The molecule has 0 saturated carbocycles. The van der Waals surface area contributed by atoms with Crippen molar-refractivity contribution in [2.45, 2.75) is 79.6 Å². The van der Waals surface area contributed by atoms with Gasteiger partial charge in [0, 0.05) is 0 Å². The summed E-state index contributed by atoms with van der Waals surface area (Å²) < 4.78 is 0. The van der Waals surface area contributed by atoms with E-state index in [2.05, 4.69) is 34.6 Å². The van der Waals surface area contributed by atoms with Gasteiger partial charge in [0.2, 0.25) is 0 Å². The molecule has 0 N–H and O–H groups in total. The molecule has 0 fully saturated rings. The van der Waals surface area contributed by atoms with E-state index in [9.17, 15) is 0 Å². The van der Waals surface area contributed by atoms with Crippen LogP contribution in [0.5, 0.6) is 0 Å². The number of unbranched alkanes of at least 4 members (excludes halogenated alkanes) is 4. The summed E-state index contributed by atoms with van der Waals surface area (Å²) in [5.74, 6) is 0.893.